The van der Waals surface area contributed by atoms with Crippen LogP contribution >= 0.6 is 0 Å². The van der Waals surface area contributed by atoms with Gasteiger partial charge in [-0.25, -0.2) is 4.39 Å². The van der Waals surface area contributed by atoms with Gasteiger partial charge in [-0.15, -0.1) is 0 Å². The van der Waals surface area contributed by atoms with E-state index in [1.165, 1.54) is 12.1 Å². The number of aliphatic hydroxyl groups is 1. The second-order valence-corrected chi connectivity index (χ2v) is 6.64. The smallest absolute Gasteiger partial charge is 0.230 e. The first kappa shape index (κ1) is 20.9. The Balaban J connectivity index is 1.96. The molecule has 5 heteroatoms. The topological polar surface area (TPSA) is 58.6 Å². The molecule has 2 rings (SSSR count). The number of rotatable bonds is 10. The molecule has 2 N–H and O–H groups in total. The molecule has 146 valence electrons. The SMILES string of the molecule is CCCCCOc1ccc([C@@H](CO)C(=O)N[C@H](C)c2ccc(F)cc2)cc1. The van der Waals surface area contributed by atoms with E-state index in [2.05, 4.69) is 12.2 Å². The molecule has 2 atom stereocenters. The first-order valence-corrected chi connectivity index (χ1v) is 9.44. The lowest BCUT2D eigenvalue weighted by Crippen LogP contribution is -2.33. The maximum absolute atomic E-state index is 13.0. The largest absolute Gasteiger partial charge is 0.494 e. The van der Waals surface area contributed by atoms with Crippen LogP contribution in [0.4, 0.5) is 4.39 Å². The van der Waals surface area contributed by atoms with Crippen LogP contribution in [0.1, 0.15) is 56.2 Å². The molecule has 4 nitrogen and oxygen atoms in total. The molecule has 0 aliphatic carbocycles. The van der Waals surface area contributed by atoms with Gasteiger partial charge in [-0.1, -0.05) is 44.0 Å². The van der Waals surface area contributed by atoms with Crippen LogP contribution in [0.5, 0.6) is 5.75 Å². The van der Waals surface area contributed by atoms with Gasteiger partial charge in [-0.05, 0) is 48.7 Å². The average molecular weight is 373 g/mol. The molecule has 0 saturated heterocycles. The van der Waals surface area contributed by atoms with Crippen LogP contribution in [0.3, 0.4) is 0 Å². The van der Waals surface area contributed by atoms with Crippen molar-refractivity contribution in [2.45, 2.75) is 45.1 Å². The molecular weight excluding hydrogens is 345 g/mol. The number of aliphatic hydroxyl groups excluding tert-OH is 1. The molecule has 1 amide bonds. The van der Waals surface area contributed by atoms with Crippen LogP contribution in [-0.2, 0) is 4.79 Å². The van der Waals surface area contributed by atoms with Crippen LogP contribution in [0.2, 0.25) is 0 Å². The monoisotopic (exact) mass is 373 g/mol. The number of carbonyl (C=O) groups excluding carboxylic acids is 1. The van der Waals surface area contributed by atoms with Gasteiger partial charge in [-0.2, -0.15) is 0 Å². The zero-order chi connectivity index (χ0) is 19.6. The summed E-state index contributed by atoms with van der Waals surface area (Å²) in [6.07, 6.45) is 3.30. The van der Waals surface area contributed by atoms with E-state index < -0.39 is 5.92 Å². The second-order valence-electron chi connectivity index (χ2n) is 6.64. The molecule has 0 aromatic heterocycles. The molecule has 2 aromatic carbocycles. The minimum absolute atomic E-state index is 0.272. The molecular formula is C22H28FNO3. The van der Waals surface area contributed by atoms with Crippen LogP contribution in [0, 0.1) is 5.82 Å². The van der Waals surface area contributed by atoms with Crippen LogP contribution < -0.4 is 10.1 Å². The van der Waals surface area contributed by atoms with E-state index in [1.807, 2.05) is 19.1 Å². The van der Waals surface area contributed by atoms with E-state index in [0.717, 1.165) is 36.1 Å². The minimum Gasteiger partial charge on any atom is -0.494 e. The van der Waals surface area contributed by atoms with E-state index in [1.54, 1.807) is 24.3 Å². The van der Waals surface area contributed by atoms with Crippen molar-refractivity contribution in [1.82, 2.24) is 5.32 Å². The standard InChI is InChI=1S/C22H28FNO3/c1-3-4-5-14-27-20-12-8-18(9-13-20)21(15-25)22(26)24-16(2)17-6-10-19(23)11-7-17/h6-13,16,21,25H,3-5,14-15H2,1-2H3,(H,24,26)/t16-,21-/m1/s1. The van der Waals surface area contributed by atoms with Crippen molar-refractivity contribution in [2.24, 2.45) is 0 Å². The third-order valence-electron chi connectivity index (χ3n) is 4.53. The zero-order valence-corrected chi connectivity index (χ0v) is 16.0. The van der Waals surface area contributed by atoms with E-state index in [4.69, 9.17) is 4.74 Å². The number of amides is 1. The summed E-state index contributed by atoms with van der Waals surface area (Å²) in [5.41, 5.74) is 1.53. The Kier molecular flexibility index (Phi) is 8.27. The summed E-state index contributed by atoms with van der Waals surface area (Å²) in [4.78, 5) is 12.6. The van der Waals surface area contributed by atoms with Crippen molar-refractivity contribution in [3.63, 3.8) is 0 Å². The van der Waals surface area contributed by atoms with Crippen molar-refractivity contribution in [3.05, 3.63) is 65.5 Å². The van der Waals surface area contributed by atoms with E-state index in [0.29, 0.717) is 6.61 Å². The van der Waals surface area contributed by atoms with Gasteiger partial charge in [0.25, 0.3) is 0 Å². The number of nitrogens with one attached hydrogen (secondary N) is 1. The fourth-order valence-corrected chi connectivity index (χ4v) is 2.83. The van der Waals surface area contributed by atoms with Crippen molar-refractivity contribution < 1.29 is 19.0 Å². The lowest BCUT2D eigenvalue weighted by molar-refractivity contribution is -0.124. The molecule has 2 aromatic rings. The van der Waals surface area contributed by atoms with Gasteiger partial charge in [0.1, 0.15) is 11.6 Å². The van der Waals surface area contributed by atoms with Gasteiger partial charge in [0.2, 0.25) is 5.91 Å². The number of ether oxygens (including phenoxy) is 1. The number of carbonyl (C=O) groups is 1. The highest BCUT2D eigenvalue weighted by molar-refractivity contribution is 5.84. The lowest BCUT2D eigenvalue weighted by atomic mass is 9.98. The molecule has 0 aliphatic rings. The number of unbranched alkanes of at least 4 members (excludes halogenated alkanes) is 2. The summed E-state index contributed by atoms with van der Waals surface area (Å²) in [5, 5.41) is 12.6. The molecule has 0 aliphatic heterocycles. The molecule has 0 spiro atoms. The predicted molar refractivity (Wildman–Crippen MR) is 104 cm³/mol. The van der Waals surface area contributed by atoms with Crippen LogP contribution in [0.15, 0.2) is 48.5 Å². The third-order valence-corrected chi connectivity index (χ3v) is 4.53. The average Bonchev–Trinajstić information content (AvgIpc) is 2.67. The van der Waals surface area contributed by atoms with Gasteiger partial charge >= 0.3 is 0 Å². The number of halogens is 1. The molecule has 0 unspecified atom stereocenters. The van der Waals surface area contributed by atoms with Gasteiger partial charge in [-0.3, -0.25) is 4.79 Å². The lowest BCUT2D eigenvalue weighted by Gasteiger charge is -2.20. The highest BCUT2D eigenvalue weighted by Gasteiger charge is 2.21. The van der Waals surface area contributed by atoms with Crippen molar-refractivity contribution in [3.8, 4) is 5.75 Å². The third kappa shape index (κ3) is 6.36. The summed E-state index contributed by atoms with van der Waals surface area (Å²) in [5.74, 6) is -0.498. The molecule has 0 radical (unpaired) electrons. The summed E-state index contributed by atoms with van der Waals surface area (Å²) in [6, 6.07) is 13.0. The Labute approximate surface area is 160 Å². The quantitative estimate of drug-likeness (QED) is 0.609. The number of benzene rings is 2. The first-order valence-electron chi connectivity index (χ1n) is 9.44. The predicted octanol–water partition coefficient (Wildman–Crippen LogP) is 4.35. The molecule has 27 heavy (non-hydrogen) atoms. The van der Waals surface area contributed by atoms with Gasteiger partial charge in [0.05, 0.1) is 25.2 Å². The maximum Gasteiger partial charge on any atom is 0.230 e. The number of hydrogen-bond acceptors (Lipinski definition) is 3. The van der Waals surface area contributed by atoms with Gasteiger partial charge < -0.3 is 15.2 Å². The molecule has 0 bridgehead atoms. The molecule has 0 fully saturated rings. The Hall–Kier alpha value is -2.40. The first-order chi connectivity index (χ1) is 13.0. The Morgan fingerprint density at radius 3 is 2.30 bits per heavy atom. The van der Waals surface area contributed by atoms with Crippen molar-refractivity contribution in [2.75, 3.05) is 13.2 Å². The summed E-state index contributed by atoms with van der Waals surface area (Å²) in [7, 11) is 0. The zero-order valence-electron chi connectivity index (χ0n) is 16.0. The normalized spacial score (nSPS) is 13.0. The highest BCUT2D eigenvalue weighted by atomic mass is 19.1. The summed E-state index contributed by atoms with van der Waals surface area (Å²) < 4.78 is 18.7. The van der Waals surface area contributed by atoms with E-state index in [9.17, 15) is 14.3 Å². The summed E-state index contributed by atoms with van der Waals surface area (Å²) >= 11 is 0. The fraction of sp³-hybridized carbons (Fsp3) is 0.409. The summed E-state index contributed by atoms with van der Waals surface area (Å²) in [6.45, 7) is 4.35. The molecule has 0 heterocycles. The minimum atomic E-state index is -0.665. The van der Waals surface area contributed by atoms with Gasteiger partial charge in [0, 0.05) is 0 Å². The van der Waals surface area contributed by atoms with Crippen molar-refractivity contribution >= 4 is 5.91 Å². The maximum atomic E-state index is 13.0. The van der Waals surface area contributed by atoms with Gasteiger partial charge in [0.15, 0.2) is 0 Å². The highest BCUT2D eigenvalue weighted by Crippen LogP contribution is 2.22. The Morgan fingerprint density at radius 2 is 1.70 bits per heavy atom. The Morgan fingerprint density at radius 1 is 1.07 bits per heavy atom. The van der Waals surface area contributed by atoms with E-state index in [-0.39, 0.29) is 24.4 Å². The molecule has 0 saturated carbocycles. The van der Waals surface area contributed by atoms with Crippen molar-refractivity contribution in [1.29, 1.82) is 0 Å². The fourth-order valence-electron chi connectivity index (χ4n) is 2.83. The number of hydrogen-bond donors (Lipinski definition) is 2. The van der Waals surface area contributed by atoms with E-state index >= 15 is 0 Å². The van der Waals surface area contributed by atoms with Crippen LogP contribution in [0.25, 0.3) is 0 Å². The van der Waals surface area contributed by atoms with Crippen LogP contribution in [-0.4, -0.2) is 24.2 Å². The Bertz CT molecular complexity index is 701. The second kappa shape index (κ2) is 10.7.